The molecule has 3 aromatic rings. The SMILES string of the molecule is CS(=O)(=O)Nc1nccnc1CNc1nc(Nc2ccc3c(n2)CCN(C(=O)O)C3)ncc1C(F)(F)F. The van der Waals surface area contributed by atoms with E-state index in [9.17, 15) is 26.4 Å². The smallest absolute Gasteiger partial charge is 0.421 e. The number of carbonyl (C=O) groups is 1. The highest BCUT2D eigenvalue weighted by atomic mass is 32.2. The standard InChI is InChI=1S/C20H20F3N9O4S/c1-37(35,36)31-17-14(24-5-6-25-17)9-26-16-12(20(21,22)23)8-27-18(30-16)29-15-3-2-11-10-32(19(33)34)7-4-13(11)28-15/h2-3,5-6,8H,4,7,9-10H2,1H3,(H,25,31)(H,33,34)(H2,26,27,28,29,30). The van der Waals surface area contributed by atoms with E-state index in [-0.39, 0.29) is 42.9 Å². The Kier molecular flexibility index (Phi) is 6.97. The van der Waals surface area contributed by atoms with E-state index in [0.29, 0.717) is 18.3 Å². The molecule has 0 fully saturated rings. The van der Waals surface area contributed by atoms with E-state index >= 15 is 0 Å². The number of alkyl halides is 3. The molecule has 196 valence electrons. The van der Waals surface area contributed by atoms with Gasteiger partial charge in [0.1, 0.15) is 22.9 Å². The number of halogens is 3. The summed E-state index contributed by atoms with van der Waals surface area (Å²) < 4.78 is 66.0. The van der Waals surface area contributed by atoms with Crippen molar-refractivity contribution in [2.75, 3.05) is 28.2 Å². The summed E-state index contributed by atoms with van der Waals surface area (Å²) in [5.41, 5.74) is 0.270. The number of hydrogen-bond donors (Lipinski definition) is 4. The van der Waals surface area contributed by atoms with Gasteiger partial charge in [0.05, 0.1) is 19.3 Å². The summed E-state index contributed by atoms with van der Waals surface area (Å²) in [7, 11) is -3.70. The van der Waals surface area contributed by atoms with Crippen LogP contribution >= 0.6 is 0 Å². The molecule has 0 radical (unpaired) electrons. The van der Waals surface area contributed by atoms with Gasteiger partial charge in [0.25, 0.3) is 0 Å². The Hall–Kier alpha value is -4.28. The van der Waals surface area contributed by atoms with Crippen LogP contribution in [0.3, 0.4) is 0 Å². The molecular weight excluding hydrogens is 519 g/mol. The van der Waals surface area contributed by atoms with Crippen molar-refractivity contribution in [3.63, 3.8) is 0 Å². The van der Waals surface area contributed by atoms with Crippen molar-refractivity contribution in [2.45, 2.75) is 25.7 Å². The normalized spacial score (nSPS) is 13.6. The summed E-state index contributed by atoms with van der Waals surface area (Å²) in [6.45, 7) is 0.117. The largest absolute Gasteiger partial charge is 0.465 e. The molecule has 1 amide bonds. The number of fused-ring (bicyclic) bond motifs is 1. The molecule has 17 heteroatoms. The van der Waals surface area contributed by atoms with Crippen molar-refractivity contribution in [3.05, 3.63) is 53.2 Å². The highest BCUT2D eigenvalue weighted by molar-refractivity contribution is 7.92. The summed E-state index contributed by atoms with van der Waals surface area (Å²) in [5.74, 6) is -0.629. The number of amides is 1. The monoisotopic (exact) mass is 539 g/mol. The summed E-state index contributed by atoms with van der Waals surface area (Å²) in [6, 6.07) is 3.22. The van der Waals surface area contributed by atoms with Crippen LogP contribution in [-0.4, -0.2) is 62.2 Å². The fourth-order valence-corrected chi connectivity index (χ4v) is 3.99. The van der Waals surface area contributed by atoms with Gasteiger partial charge in [0.2, 0.25) is 16.0 Å². The number of sulfonamides is 1. The van der Waals surface area contributed by atoms with Crippen LogP contribution in [0.2, 0.25) is 0 Å². The Bertz CT molecular complexity index is 1440. The molecule has 0 aromatic carbocycles. The van der Waals surface area contributed by atoms with Crippen molar-refractivity contribution >= 4 is 39.5 Å². The van der Waals surface area contributed by atoms with Gasteiger partial charge in [-0.25, -0.2) is 28.2 Å². The highest BCUT2D eigenvalue weighted by Crippen LogP contribution is 2.34. The Morgan fingerprint density at radius 2 is 1.89 bits per heavy atom. The Morgan fingerprint density at radius 3 is 2.59 bits per heavy atom. The average Bonchev–Trinajstić information content (AvgIpc) is 2.81. The first-order valence-electron chi connectivity index (χ1n) is 10.6. The number of nitrogens with one attached hydrogen (secondary N) is 3. The zero-order valence-electron chi connectivity index (χ0n) is 19.1. The maximum atomic E-state index is 13.6. The van der Waals surface area contributed by atoms with Gasteiger partial charge in [-0.2, -0.15) is 18.2 Å². The van der Waals surface area contributed by atoms with E-state index in [1.165, 1.54) is 17.3 Å². The molecule has 13 nitrogen and oxygen atoms in total. The van der Waals surface area contributed by atoms with E-state index in [1.54, 1.807) is 12.1 Å². The zero-order valence-corrected chi connectivity index (χ0v) is 19.9. The molecule has 0 saturated heterocycles. The maximum absolute atomic E-state index is 13.6. The first-order valence-corrected chi connectivity index (χ1v) is 12.5. The molecule has 4 rings (SSSR count). The van der Waals surface area contributed by atoms with Crippen LogP contribution < -0.4 is 15.4 Å². The van der Waals surface area contributed by atoms with Crippen molar-refractivity contribution in [1.29, 1.82) is 0 Å². The summed E-state index contributed by atoms with van der Waals surface area (Å²) in [5, 5.41) is 14.4. The molecule has 0 atom stereocenters. The van der Waals surface area contributed by atoms with Crippen molar-refractivity contribution < 1.29 is 31.5 Å². The summed E-state index contributed by atoms with van der Waals surface area (Å²) >= 11 is 0. The quantitative estimate of drug-likeness (QED) is 0.347. The third kappa shape index (κ3) is 6.49. The van der Waals surface area contributed by atoms with Crippen LogP contribution in [0.25, 0.3) is 0 Å². The maximum Gasteiger partial charge on any atom is 0.421 e. The molecule has 0 spiro atoms. The molecule has 0 unspecified atom stereocenters. The van der Waals surface area contributed by atoms with Crippen molar-refractivity contribution in [2.24, 2.45) is 0 Å². The summed E-state index contributed by atoms with van der Waals surface area (Å²) in [6.07, 6.45) is -1.44. The Labute approximate surface area is 208 Å². The van der Waals surface area contributed by atoms with Crippen LogP contribution in [0, 0.1) is 0 Å². The Morgan fingerprint density at radius 1 is 1.14 bits per heavy atom. The second-order valence-corrected chi connectivity index (χ2v) is 9.66. The first kappa shape index (κ1) is 25.8. The second-order valence-electron chi connectivity index (χ2n) is 7.91. The van der Waals surface area contributed by atoms with Crippen LogP contribution in [0.15, 0.2) is 30.7 Å². The fourth-order valence-electron chi connectivity index (χ4n) is 3.47. The van der Waals surface area contributed by atoms with E-state index in [4.69, 9.17) is 5.11 Å². The van der Waals surface area contributed by atoms with Crippen LogP contribution in [0.1, 0.15) is 22.5 Å². The molecule has 0 bridgehead atoms. The zero-order chi connectivity index (χ0) is 26.8. The van der Waals surface area contributed by atoms with Crippen LogP contribution in [0.5, 0.6) is 0 Å². The Balaban J connectivity index is 1.56. The molecule has 4 heterocycles. The van der Waals surface area contributed by atoms with Crippen molar-refractivity contribution in [3.8, 4) is 0 Å². The molecular formula is C20H20F3N9O4S. The first-order chi connectivity index (χ1) is 17.4. The van der Waals surface area contributed by atoms with Gasteiger partial charge < -0.3 is 20.6 Å². The van der Waals surface area contributed by atoms with E-state index in [1.807, 2.05) is 0 Å². The molecule has 1 aliphatic heterocycles. The van der Waals surface area contributed by atoms with Crippen LogP contribution in [-0.2, 0) is 35.7 Å². The number of rotatable bonds is 7. The lowest BCUT2D eigenvalue weighted by Crippen LogP contribution is -2.35. The molecule has 1 aliphatic rings. The minimum atomic E-state index is -4.78. The van der Waals surface area contributed by atoms with E-state index in [0.717, 1.165) is 11.8 Å². The van der Waals surface area contributed by atoms with Gasteiger partial charge in [-0.05, 0) is 11.6 Å². The van der Waals surface area contributed by atoms with Gasteiger partial charge >= 0.3 is 12.3 Å². The number of anilines is 4. The topological polar surface area (TPSA) is 175 Å². The predicted molar refractivity (Wildman–Crippen MR) is 125 cm³/mol. The van der Waals surface area contributed by atoms with E-state index < -0.39 is 33.7 Å². The predicted octanol–water partition coefficient (Wildman–Crippen LogP) is 2.44. The molecule has 0 aliphatic carbocycles. The lowest BCUT2D eigenvalue weighted by atomic mass is 10.1. The number of pyridine rings is 1. The number of aromatic nitrogens is 5. The molecule has 4 N–H and O–H groups in total. The third-order valence-electron chi connectivity index (χ3n) is 5.13. The van der Waals surface area contributed by atoms with Gasteiger partial charge in [0, 0.05) is 37.3 Å². The van der Waals surface area contributed by atoms with E-state index in [2.05, 4.69) is 40.3 Å². The van der Waals surface area contributed by atoms with Crippen molar-refractivity contribution in [1.82, 2.24) is 29.8 Å². The lowest BCUT2D eigenvalue weighted by molar-refractivity contribution is -0.137. The number of hydrogen-bond acceptors (Lipinski definition) is 10. The van der Waals surface area contributed by atoms with Gasteiger partial charge in [0.15, 0.2) is 5.82 Å². The average molecular weight is 540 g/mol. The third-order valence-corrected chi connectivity index (χ3v) is 5.70. The molecule has 37 heavy (non-hydrogen) atoms. The van der Waals surface area contributed by atoms with Crippen LogP contribution in [0.4, 0.5) is 41.4 Å². The summed E-state index contributed by atoms with van der Waals surface area (Å²) in [4.78, 5) is 32.4. The molecule has 3 aromatic heterocycles. The minimum absolute atomic E-state index is 0.0425. The van der Waals surface area contributed by atoms with Gasteiger partial charge in [-0.15, -0.1) is 0 Å². The fraction of sp³-hybridized carbons (Fsp3) is 0.300. The number of carboxylic acid groups (broad SMARTS) is 1. The second kappa shape index (κ2) is 10.00. The number of nitrogens with zero attached hydrogens (tertiary/aromatic N) is 6. The van der Waals surface area contributed by atoms with Gasteiger partial charge in [-0.3, -0.25) is 9.71 Å². The highest BCUT2D eigenvalue weighted by Gasteiger charge is 2.35. The minimum Gasteiger partial charge on any atom is -0.465 e. The molecule has 0 saturated carbocycles. The van der Waals surface area contributed by atoms with Gasteiger partial charge in [-0.1, -0.05) is 6.07 Å². The lowest BCUT2D eigenvalue weighted by Gasteiger charge is -2.25.